The number of hydrazone groups is 1. The maximum Gasteiger partial charge on any atom is 0.273 e. The van der Waals surface area contributed by atoms with Gasteiger partial charge in [-0.3, -0.25) is 14.6 Å². The van der Waals surface area contributed by atoms with Crippen LogP contribution in [0, 0.1) is 5.92 Å². The molecular formula is C26H33N5O2. The Morgan fingerprint density at radius 2 is 1.79 bits per heavy atom. The summed E-state index contributed by atoms with van der Waals surface area (Å²) in [6.07, 6.45) is 4.55. The molecule has 0 radical (unpaired) electrons. The van der Waals surface area contributed by atoms with Crippen LogP contribution in [0.15, 0.2) is 64.7 Å². The van der Waals surface area contributed by atoms with E-state index in [1.54, 1.807) is 24.3 Å². The van der Waals surface area contributed by atoms with Crippen LogP contribution >= 0.6 is 0 Å². The normalized spacial score (nSPS) is 15.1. The van der Waals surface area contributed by atoms with Crippen molar-refractivity contribution < 1.29 is 9.59 Å². The number of benzene rings is 2. The molecule has 3 rings (SSSR count). The Labute approximate surface area is 195 Å². The van der Waals surface area contributed by atoms with Gasteiger partial charge in [-0.05, 0) is 61.9 Å². The molecule has 1 atom stereocenters. The molecule has 7 nitrogen and oxygen atoms in total. The molecule has 2 aromatic carbocycles. The van der Waals surface area contributed by atoms with Gasteiger partial charge in [-0.15, -0.1) is 0 Å². The fraction of sp³-hybridized carbons (Fsp3) is 0.385. The van der Waals surface area contributed by atoms with Gasteiger partial charge in [-0.1, -0.05) is 44.2 Å². The fourth-order valence-electron chi connectivity index (χ4n) is 3.38. The largest absolute Gasteiger partial charge is 0.352 e. The van der Waals surface area contributed by atoms with Gasteiger partial charge >= 0.3 is 0 Å². The van der Waals surface area contributed by atoms with Gasteiger partial charge in [0.15, 0.2) is 5.71 Å². The molecule has 0 aromatic heterocycles. The topological polar surface area (TPSA) is 109 Å². The third kappa shape index (κ3) is 7.27. The summed E-state index contributed by atoms with van der Waals surface area (Å²) in [6.45, 7) is 4.63. The monoisotopic (exact) mass is 447 g/mol. The number of carbonyl (C=O) groups excluding carboxylic acids is 2. The number of aryl methyl sites for hydroxylation is 1. The molecule has 0 heterocycles. The highest BCUT2D eigenvalue weighted by Gasteiger charge is 2.29. The highest BCUT2D eigenvalue weighted by molar-refractivity contribution is 6.67. The van der Waals surface area contributed by atoms with Crippen LogP contribution in [-0.2, 0) is 11.2 Å². The van der Waals surface area contributed by atoms with Crippen molar-refractivity contribution in [1.29, 1.82) is 0 Å². The van der Waals surface area contributed by atoms with Crippen molar-refractivity contribution in [2.45, 2.75) is 52.0 Å². The molecule has 0 saturated heterocycles. The van der Waals surface area contributed by atoms with Crippen LogP contribution in [0.25, 0.3) is 0 Å². The van der Waals surface area contributed by atoms with E-state index in [2.05, 4.69) is 32.9 Å². The van der Waals surface area contributed by atoms with E-state index >= 15 is 0 Å². The second-order valence-corrected chi connectivity index (χ2v) is 8.42. The summed E-state index contributed by atoms with van der Waals surface area (Å²) < 4.78 is 0. The number of amides is 2. The molecule has 1 aliphatic rings. The minimum atomic E-state index is -0.287. The molecule has 1 unspecified atom stereocenters. The zero-order chi connectivity index (χ0) is 23.6. The zero-order valence-electron chi connectivity index (χ0n) is 19.4. The highest BCUT2D eigenvalue weighted by Crippen LogP contribution is 2.20. The quantitative estimate of drug-likeness (QED) is 0.211. The van der Waals surface area contributed by atoms with Gasteiger partial charge in [0.25, 0.3) is 11.8 Å². The molecule has 2 aromatic rings. The summed E-state index contributed by atoms with van der Waals surface area (Å²) >= 11 is 0. The van der Waals surface area contributed by atoms with Gasteiger partial charge in [-0.25, -0.2) is 0 Å². The molecule has 7 heteroatoms. The van der Waals surface area contributed by atoms with E-state index in [0.29, 0.717) is 23.5 Å². The number of carbonyl (C=O) groups is 2. The van der Waals surface area contributed by atoms with Crippen LogP contribution in [-0.4, -0.2) is 35.8 Å². The van der Waals surface area contributed by atoms with Crippen molar-refractivity contribution in [2.24, 2.45) is 21.9 Å². The number of nitrogens with one attached hydrogen (secondary N) is 2. The van der Waals surface area contributed by atoms with E-state index in [1.807, 2.05) is 32.0 Å². The molecule has 4 N–H and O–H groups in total. The van der Waals surface area contributed by atoms with Crippen molar-refractivity contribution in [3.63, 3.8) is 0 Å². The van der Waals surface area contributed by atoms with Gasteiger partial charge < -0.3 is 16.5 Å². The number of nitrogens with two attached hydrogens (primary N) is 1. The van der Waals surface area contributed by atoms with Crippen LogP contribution in [0.5, 0.6) is 0 Å². The van der Waals surface area contributed by atoms with Crippen LogP contribution < -0.4 is 16.5 Å². The van der Waals surface area contributed by atoms with Crippen LogP contribution in [0.2, 0.25) is 0 Å². The minimum absolute atomic E-state index is 0.00448. The maximum atomic E-state index is 12.6. The Morgan fingerprint density at radius 3 is 2.39 bits per heavy atom. The van der Waals surface area contributed by atoms with Gasteiger partial charge in [0, 0.05) is 24.1 Å². The number of hydrogen-bond acceptors (Lipinski definition) is 5. The summed E-state index contributed by atoms with van der Waals surface area (Å²) in [5.74, 6) is 5.17. The van der Waals surface area contributed by atoms with E-state index in [9.17, 15) is 9.59 Å². The Bertz CT molecular complexity index is 995. The first-order chi connectivity index (χ1) is 16.0. The molecular weight excluding hydrogens is 414 g/mol. The average Bonchev–Trinajstić information content (AvgIpc) is 3.66. The van der Waals surface area contributed by atoms with Crippen LogP contribution in [0.1, 0.15) is 55.5 Å². The molecule has 2 amide bonds. The first kappa shape index (κ1) is 24.2. The predicted octanol–water partition coefficient (Wildman–Crippen LogP) is 3.76. The highest BCUT2D eigenvalue weighted by atomic mass is 16.2. The first-order valence-electron chi connectivity index (χ1n) is 11.6. The van der Waals surface area contributed by atoms with Crippen LogP contribution in [0.3, 0.4) is 0 Å². The molecule has 0 bridgehead atoms. The number of aliphatic imine (C=N–C) groups is 1. The van der Waals surface area contributed by atoms with E-state index in [0.717, 1.165) is 32.1 Å². The molecule has 1 aliphatic carbocycles. The van der Waals surface area contributed by atoms with Crippen molar-refractivity contribution in [3.05, 3.63) is 65.7 Å². The second kappa shape index (κ2) is 11.9. The molecule has 174 valence electrons. The lowest BCUT2D eigenvalue weighted by Gasteiger charge is -2.15. The summed E-state index contributed by atoms with van der Waals surface area (Å²) in [6, 6.07) is 17.4. The molecule has 0 aliphatic heterocycles. The number of nitrogens with zero attached hydrogens (tertiary/aromatic N) is 2. The third-order valence-electron chi connectivity index (χ3n) is 5.73. The first-order valence-corrected chi connectivity index (χ1v) is 11.6. The lowest BCUT2D eigenvalue weighted by Crippen LogP contribution is -2.40. The van der Waals surface area contributed by atoms with Crippen molar-refractivity contribution in [2.75, 3.05) is 6.54 Å². The lowest BCUT2D eigenvalue weighted by atomic mass is 9.97. The Kier molecular flexibility index (Phi) is 8.75. The zero-order valence-corrected chi connectivity index (χ0v) is 19.4. The van der Waals surface area contributed by atoms with E-state index in [-0.39, 0.29) is 29.5 Å². The minimum Gasteiger partial charge on any atom is -0.352 e. The fourth-order valence-corrected chi connectivity index (χ4v) is 3.38. The summed E-state index contributed by atoms with van der Waals surface area (Å²) in [5, 5.41) is 9.64. The van der Waals surface area contributed by atoms with Gasteiger partial charge in [0.2, 0.25) is 0 Å². The van der Waals surface area contributed by atoms with Crippen molar-refractivity contribution >= 4 is 28.9 Å². The SMILES string of the molecule is CCC(C)C(=Nc1ccc(C(=O)NCCCc2ccccc2)cc1)C(=NN)C(=O)NC1CC1. The average molecular weight is 448 g/mol. The second-order valence-electron chi connectivity index (χ2n) is 8.42. The maximum absolute atomic E-state index is 12.6. The van der Waals surface area contributed by atoms with Crippen molar-refractivity contribution in [1.82, 2.24) is 10.6 Å². The predicted molar refractivity (Wildman–Crippen MR) is 133 cm³/mol. The standard InChI is InChI=1S/C26H33N5O2/c1-3-18(2)23(24(31-27)26(33)30-22-15-16-22)29-21-13-11-20(12-14-21)25(32)28-17-7-10-19-8-5-4-6-9-19/h4-6,8-9,11-14,18,22H,3,7,10,15-17,27H2,1-2H3,(H,28,32)(H,30,33). The molecule has 1 fully saturated rings. The van der Waals surface area contributed by atoms with E-state index in [1.165, 1.54) is 5.56 Å². The number of hydrogen-bond donors (Lipinski definition) is 3. The van der Waals surface area contributed by atoms with E-state index < -0.39 is 0 Å². The van der Waals surface area contributed by atoms with Gasteiger partial charge in [-0.2, -0.15) is 5.10 Å². The summed E-state index contributed by atoms with van der Waals surface area (Å²) in [5.41, 5.74) is 3.19. The van der Waals surface area contributed by atoms with Crippen molar-refractivity contribution in [3.8, 4) is 0 Å². The molecule has 1 saturated carbocycles. The Morgan fingerprint density at radius 1 is 1.09 bits per heavy atom. The Hall–Kier alpha value is -3.48. The Balaban J connectivity index is 1.62. The molecule has 33 heavy (non-hydrogen) atoms. The lowest BCUT2D eigenvalue weighted by molar-refractivity contribution is -0.114. The van der Waals surface area contributed by atoms with E-state index in [4.69, 9.17) is 5.84 Å². The third-order valence-corrected chi connectivity index (χ3v) is 5.73. The van der Waals surface area contributed by atoms with Gasteiger partial charge in [0.1, 0.15) is 0 Å². The van der Waals surface area contributed by atoms with Gasteiger partial charge in [0.05, 0.1) is 11.4 Å². The van der Waals surface area contributed by atoms with Crippen LogP contribution in [0.4, 0.5) is 5.69 Å². The number of rotatable bonds is 11. The smallest absolute Gasteiger partial charge is 0.273 e. The molecule has 0 spiro atoms. The summed E-state index contributed by atoms with van der Waals surface area (Å²) in [7, 11) is 0. The summed E-state index contributed by atoms with van der Waals surface area (Å²) in [4.78, 5) is 29.7.